The molecule has 0 aromatic heterocycles. The van der Waals surface area contributed by atoms with Crippen molar-refractivity contribution in [2.24, 2.45) is 0 Å². The molecule has 10 nitrogen and oxygen atoms in total. The Morgan fingerprint density at radius 2 is 1.59 bits per heavy atom. The number of para-hydroxylation sites is 2. The quantitative estimate of drug-likeness (QED) is 0.531. The first-order valence-corrected chi connectivity index (χ1v) is 13.8. The number of hydrogen-bond acceptors (Lipinski definition) is 7. The first-order chi connectivity index (χ1) is 16.1. The minimum atomic E-state index is -3.59. The Morgan fingerprint density at radius 1 is 0.971 bits per heavy atom. The van der Waals surface area contributed by atoms with Crippen LogP contribution in [-0.2, 0) is 20.0 Å². The summed E-state index contributed by atoms with van der Waals surface area (Å²) < 4.78 is 57.7. The number of benzene rings is 2. The number of hydrogen-bond donors (Lipinski definition) is 1. The average molecular weight is 511 g/mol. The number of carbonyl (C=O) groups is 1. The molecule has 1 fully saturated rings. The number of nitrogens with zero attached hydrogens (tertiary/aromatic N) is 3. The van der Waals surface area contributed by atoms with Crippen molar-refractivity contribution < 1.29 is 26.4 Å². The standard InChI is InChI=1S/C22H30N4O6S2/c1-24(2)34(30,31)19-10-8-18(9-11-19)22(27)23-12-17-33(28,29)26-15-13-25(14-16-26)20-6-4-5-7-21(20)32-3/h4-11H,12-17H2,1-3H3,(H,23,27). The van der Waals surface area contributed by atoms with Crippen LogP contribution in [0, 0.1) is 0 Å². The lowest BCUT2D eigenvalue weighted by atomic mass is 10.2. The number of methoxy groups -OCH3 is 1. The second-order valence-electron chi connectivity index (χ2n) is 7.94. The second-order valence-corrected chi connectivity index (χ2v) is 12.2. The maximum Gasteiger partial charge on any atom is 0.251 e. The molecule has 1 heterocycles. The van der Waals surface area contributed by atoms with Crippen LogP contribution < -0.4 is 15.0 Å². The van der Waals surface area contributed by atoms with Crippen LogP contribution in [0.3, 0.4) is 0 Å². The van der Waals surface area contributed by atoms with Crippen LogP contribution in [0.4, 0.5) is 5.69 Å². The zero-order valence-corrected chi connectivity index (χ0v) is 21.1. The van der Waals surface area contributed by atoms with Crippen molar-refractivity contribution in [2.75, 3.05) is 64.6 Å². The molecule has 1 saturated heterocycles. The molecule has 1 aliphatic heterocycles. The van der Waals surface area contributed by atoms with E-state index in [1.807, 2.05) is 24.3 Å². The molecule has 186 valence electrons. The first-order valence-electron chi connectivity index (χ1n) is 10.7. The molecule has 0 radical (unpaired) electrons. The van der Waals surface area contributed by atoms with E-state index in [0.29, 0.717) is 26.2 Å². The fourth-order valence-corrected chi connectivity index (χ4v) is 5.85. The first kappa shape index (κ1) is 25.9. The number of sulfonamides is 2. The van der Waals surface area contributed by atoms with E-state index in [4.69, 9.17) is 4.74 Å². The third kappa shape index (κ3) is 5.87. The van der Waals surface area contributed by atoms with Gasteiger partial charge in [0.05, 0.1) is 23.4 Å². The lowest BCUT2D eigenvalue weighted by Gasteiger charge is -2.36. The Bertz CT molecular complexity index is 1210. The molecule has 0 atom stereocenters. The topological polar surface area (TPSA) is 116 Å². The summed E-state index contributed by atoms with van der Waals surface area (Å²) in [6.45, 7) is 1.71. The van der Waals surface area contributed by atoms with E-state index >= 15 is 0 Å². The maximum absolute atomic E-state index is 12.7. The van der Waals surface area contributed by atoms with Crippen molar-refractivity contribution in [3.8, 4) is 5.75 Å². The monoisotopic (exact) mass is 510 g/mol. The van der Waals surface area contributed by atoms with Gasteiger partial charge in [-0.1, -0.05) is 12.1 Å². The Labute approximate surface area is 201 Å². The minimum absolute atomic E-state index is 0.0500. The summed E-state index contributed by atoms with van der Waals surface area (Å²) in [4.78, 5) is 14.5. The highest BCUT2D eigenvalue weighted by Crippen LogP contribution is 2.28. The Hall–Kier alpha value is -2.67. The highest BCUT2D eigenvalue weighted by molar-refractivity contribution is 7.89. The van der Waals surface area contributed by atoms with Gasteiger partial charge >= 0.3 is 0 Å². The molecule has 0 spiro atoms. The van der Waals surface area contributed by atoms with Crippen molar-refractivity contribution in [1.82, 2.24) is 13.9 Å². The zero-order valence-electron chi connectivity index (χ0n) is 19.5. The van der Waals surface area contributed by atoms with Crippen LogP contribution in [0.5, 0.6) is 5.75 Å². The van der Waals surface area contributed by atoms with E-state index < -0.39 is 26.0 Å². The summed E-state index contributed by atoms with van der Waals surface area (Å²) in [6, 6.07) is 13.1. The van der Waals surface area contributed by atoms with Crippen molar-refractivity contribution in [3.05, 3.63) is 54.1 Å². The van der Waals surface area contributed by atoms with Crippen molar-refractivity contribution in [3.63, 3.8) is 0 Å². The number of rotatable bonds is 9. The molecule has 0 bridgehead atoms. The fourth-order valence-electron chi connectivity index (χ4n) is 3.61. The molecule has 12 heteroatoms. The fraction of sp³-hybridized carbons (Fsp3) is 0.409. The molecule has 0 saturated carbocycles. The number of ether oxygens (including phenoxy) is 1. The SMILES string of the molecule is COc1ccccc1N1CCN(S(=O)(=O)CCNC(=O)c2ccc(S(=O)(=O)N(C)C)cc2)CC1. The van der Waals surface area contributed by atoms with E-state index in [1.54, 1.807) is 7.11 Å². The molecule has 1 N–H and O–H groups in total. The average Bonchev–Trinajstić information content (AvgIpc) is 2.84. The smallest absolute Gasteiger partial charge is 0.251 e. The van der Waals surface area contributed by atoms with Crippen LogP contribution in [-0.4, -0.2) is 91.0 Å². The number of carbonyl (C=O) groups excluding carboxylic acids is 1. The largest absolute Gasteiger partial charge is 0.495 e. The minimum Gasteiger partial charge on any atom is -0.495 e. The van der Waals surface area contributed by atoms with Crippen molar-refractivity contribution >= 4 is 31.6 Å². The van der Waals surface area contributed by atoms with E-state index in [1.165, 1.54) is 42.7 Å². The van der Waals surface area contributed by atoms with Gasteiger partial charge in [0.2, 0.25) is 20.0 Å². The van der Waals surface area contributed by atoms with Gasteiger partial charge in [-0.05, 0) is 36.4 Å². The Kier molecular flexibility index (Phi) is 8.18. The summed E-state index contributed by atoms with van der Waals surface area (Å²) in [5.74, 6) is 0.0550. The van der Waals surface area contributed by atoms with E-state index in [2.05, 4.69) is 10.2 Å². The molecular weight excluding hydrogens is 480 g/mol. The molecule has 0 unspecified atom stereocenters. The predicted molar refractivity (Wildman–Crippen MR) is 130 cm³/mol. The lowest BCUT2D eigenvalue weighted by Crippen LogP contribution is -2.50. The zero-order chi connectivity index (χ0) is 24.9. The van der Waals surface area contributed by atoms with Gasteiger partial charge in [0.15, 0.2) is 0 Å². The van der Waals surface area contributed by atoms with Crippen LogP contribution >= 0.6 is 0 Å². The normalized spacial score (nSPS) is 15.4. The van der Waals surface area contributed by atoms with Gasteiger partial charge in [-0.15, -0.1) is 0 Å². The van der Waals surface area contributed by atoms with Crippen molar-refractivity contribution in [1.29, 1.82) is 0 Å². The molecule has 34 heavy (non-hydrogen) atoms. The molecule has 2 aromatic carbocycles. The van der Waals surface area contributed by atoms with Gasteiger partial charge < -0.3 is 15.0 Å². The summed E-state index contributed by atoms with van der Waals surface area (Å²) >= 11 is 0. The summed E-state index contributed by atoms with van der Waals surface area (Å²) in [7, 11) is -2.67. The van der Waals surface area contributed by atoms with Crippen LogP contribution in [0.1, 0.15) is 10.4 Å². The molecule has 2 aromatic rings. The highest BCUT2D eigenvalue weighted by Gasteiger charge is 2.28. The molecule has 0 aliphatic carbocycles. The van der Waals surface area contributed by atoms with Crippen LogP contribution in [0.15, 0.2) is 53.4 Å². The number of nitrogens with one attached hydrogen (secondary N) is 1. The number of piperazine rings is 1. The second kappa shape index (κ2) is 10.7. The van der Waals surface area contributed by atoms with Gasteiger partial charge in [-0.3, -0.25) is 4.79 Å². The van der Waals surface area contributed by atoms with Crippen LogP contribution in [0.25, 0.3) is 0 Å². The molecular formula is C22H30N4O6S2. The maximum atomic E-state index is 12.7. The summed E-state index contributed by atoms with van der Waals surface area (Å²) in [5, 5.41) is 2.59. The third-order valence-corrected chi connectivity index (χ3v) is 9.30. The van der Waals surface area contributed by atoms with E-state index in [-0.39, 0.29) is 22.8 Å². The van der Waals surface area contributed by atoms with Crippen molar-refractivity contribution in [2.45, 2.75) is 4.90 Å². The summed E-state index contributed by atoms with van der Waals surface area (Å²) in [6.07, 6.45) is 0. The third-order valence-electron chi connectivity index (χ3n) is 5.60. The number of anilines is 1. The van der Waals surface area contributed by atoms with E-state index in [0.717, 1.165) is 15.7 Å². The summed E-state index contributed by atoms with van der Waals surface area (Å²) in [5.41, 5.74) is 1.18. The van der Waals surface area contributed by atoms with E-state index in [9.17, 15) is 21.6 Å². The Morgan fingerprint density at radius 3 is 2.18 bits per heavy atom. The molecule has 1 amide bonds. The predicted octanol–water partition coefficient (Wildman–Crippen LogP) is 0.827. The van der Waals surface area contributed by atoms with Gasteiger partial charge in [-0.25, -0.2) is 21.1 Å². The molecule has 1 aliphatic rings. The molecule has 3 rings (SSSR count). The number of amides is 1. The van der Waals surface area contributed by atoms with Gasteiger partial charge in [0, 0.05) is 52.4 Å². The Balaban J connectivity index is 1.51. The van der Waals surface area contributed by atoms with Gasteiger partial charge in [0.1, 0.15) is 5.75 Å². The van der Waals surface area contributed by atoms with Crippen LogP contribution in [0.2, 0.25) is 0 Å². The van der Waals surface area contributed by atoms with Gasteiger partial charge in [0.25, 0.3) is 5.91 Å². The highest BCUT2D eigenvalue weighted by atomic mass is 32.2. The lowest BCUT2D eigenvalue weighted by molar-refractivity contribution is 0.0956. The van der Waals surface area contributed by atoms with Gasteiger partial charge in [-0.2, -0.15) is 4.31 Å².